The zero-order valence-corrected chi connectivity index (χ0v) is 8.42. The molecule has 4 heteroatoms. The molecule has 0 saturated carbocycles. The molecule has 0 saturated heterocycles. The summed E-state index contributed by atoms with van der Waals surface area (Å²) in [6.07, 6.45) is 3.43. The van der Waals surface area contributed by atoms with Crippen molar-refractivity contribution in [2.24, 2.45) is 0 Å². The number of fused-ring (bicyclic) bond motifs is 1. The van der Waals surface area contributed by atoms with Crippen molar-refractivity contribution in [3.63, 3.8) is 0 Å². The second kappa shape index (κ2) is 3.34. The normalized spacial score (nSPS) is 10.8. The minimum Gasteiger partial charge on any atom is -0.436 e. The number of oxazole rings is 1. The van der Waals surface area contributed by atoms with Gasteiger partial charge in [-0.25, -0.2) is 4.98 Å². The first-order chi connectivity index (χ1) is 7.83. The molecule has 4 nitrogen and oxygen atoms in total. The lowest BCUT2D eigenvalue weighted by atomic mass is 10.3. The van der Waals surface area contributed by atoms with Crippen molar-refractivity contribution in [3.8, 4) is 11.5 Å². The van der Waals surface area contributed by atoms with Gasteiger partial charge in [-0.1, -0.05) is 0 Å². The van der Waals surface area contributed by atoms with E-state index in [2.05, 4.69) is 9.97 Å². The fourth-order valence-corrected chi connectivity index (χ4v) is 1.55. The van der Waals surface area contributed by atoms with Gasteiger partial charge in [-0.15, -0.1) is 0 Å². The first-order valence-corrected chi connectivity index (χ1v) is 4.89. The van der Waals surface area contributed by atoms with E-state index >= 15 is 0 Å². The summed E-state index contributed by atoms with van der Waals surface area (Å²) >= 11 is 0. The molecular weight excluding hydrogens is 202 g/mol. The molecular formula is C12H9N3O. The maximum absolute atomic E-state index is 5.67. The predicted molar refractivity (Wildman–Crippen MR) is 61.7 cm³/mol. The summed E-state index contributed by atoms with van der Waals surface area (Å²) in [6, 6.07) is 9.16. The Morgan fingerprint density at radius 1 is 1.19 bits per heavy atom. The van der Waals surface area contributed by atoms with E-state index in [9.17, 15) is 0 Å². The predicted octanol–water partition coefficient (Wildman–Crippen LogP) is 2.47. The minimum absolute atomic E-state index is 0.564. The second-order valence-electron chi connectivity index (χ2n) is 3.49. The number of nitrogens with zero attached hydrogens (tertiary/aromatic N) is 2. The molecule has 2 heterocycles. The standard InChI is InChI=1S/C12H9N3O/c13-9-3-4-10-11(6-9)16-12(15-10)8-2-1-5-14-7-8/h1-7H,13H2. The molecule has 0 unspecified atom stereocenters. The Kier molecular flexibility index (Phi) is 1.86. The van der Waals surface area contributed by atoms with E-state index in [0.717, 1.165) is 11.1 Å². The summed E-state index contributed by atoms with van der Waals surface area (Å²) in [4.78, 5) is 8.39. The van der Waals surface area contributed by atoms with Crippen LogP contribution in [0.1, 0.15) is 0 Å². The molecule has 2 N–H and O–H groups in total. The highest BCUT2D eigenvalue weighted by Crippen LogP contribution is 2.24. The van der Waals surface area contributed by atoms with Gasteiger partial charge in [0.1, 0.15) is 5.52 Å². The molecule has 0 aliphatic rings. The van der Waals surface area contributed by atoms with Crippen LogP contribution in [0, 0.1) is 0 Å². The number of rotatable bonds is 1. The lowest BCUT2D eigenvalue weighted by Crippen LogP contribution is -1.81. The van der Waals surface area contributed by atoms with E-state index in [1.165, 1.54) is 0 Å². The Morgan fingerprint density at radius 2 is 2.12 bits per heavy atom. The molecule has 0 bridgehead atoms. The van der Waals surface area contributed by atoms with Crippen molar-refractivity contribution < 1.29 is 4.42 Å². The van der Waals surface area contributed by atoms with Crippen LogP contribution in [0.2, 0.25) is 0 Å². The monoisotopic (exact) mass is 211 g/mol. The van der Waals surface area contributed by atoms with Crippen molar-refractivity contribution in [2.45, 2.75) is 0 Å². The number of nitrogens with two attached hydrogens (primary N) is 1. The summed E-state index contributed by atoms with van der Waals surface area (Å²) in [7, 11) is 0. The number of hydrogen-bond acceptors (Lipinski definition) is 4. The van der Waals surface area contributed by atoms with Gasteiger partial charge in [-0.3, -0.25) is 4.98 Å². The van der Waals surface area contributed by atoms with Crippen molar-refractivity contribution in [2.75, 3.05) is 5.73 Å². The number of hydrogen-bond donors (Lipinski definition) is 1. The van der Waals surface area contributed by atoms with Crippen molar-refractivity contribution in [1.29, 1.82) is 0 Å². The lowest BCUT2D eigenvalue weighted by molar-refractivity contribution is 0.619. The lowest BCUT2D eigenvalue weighted by Gasteiger charge is -1.91. The maximum atomic E-state index is 5.67. The first kappa shape index (κ1) is 8.91. The third-order valence-electron chi connectivity index (χ3n) is 2.32. The van der Waals surface area contributed by atoms with Crippen LogP contribution in [0.3, 0.4) is 0 Å². The first-order valence-electron chi connectivity index (χ1n) is 4.89. The zero-order valence-electron chi connectivity index (χ0n) is 8.42. The third kappa shape index (κ3) is 1.40. The van der Waals surface area contributed by atoms with Crippen molar-refractivity contribution in [1.82, 2.24) is 9.97 Å². The average Bonchev–Trinajstić information content (AvgIpc) is 2.73. The summed E-state index contributed by atoms with van der Waals surface area (Å²) in [5.74, 6) is 0.564. The van der Waals surface area contributed by atoms with Gasteiger partial charge in [0.05, 0.1) is 5.56 Å². The van der Waals surface area contributed by atoms with Gasteiger partial charge in [0, 0.05) is 24.1 Å². The van der Waals surface area contributed by atoms with Crippen LogP contribution < -0.4 is 5.73 Å². The van der Waals surface area contributed by atoms with E-state index in [4.69, 9.17) is 10.2 Å². The van der Waals surface area contributed by atoms with Gasteiger partial charge in [0.15, 0.2) is 5.58 Å². The Balaban J connectivity index is 2.19. The number of benzene rings is 1. The zero-order chi connectivity index (χ0) is 11.0. The molecule has 0 atom stereocenters. The van der Waals surface area contributed by atoms with Gasteiger partial charge >= 0.3 is 0 Å². The SMILES string of the molecule is Nc1ccc2nc(-c3cccnc3)oc2c1. The van der Waals surface area contributed by atoms with Gasteiger partial charge < -0.3 is 10.2 Å². The quantitative estimate of drug-likeness (QED) is 0.628. The minimum atomic E-state index is 0.564. The van der Waals surface area contributed by atoms with Crippen LogP contribution in [0.5, 0.6) is 0 Å². The molecule has 3 rings (SSSR count). The van der Waals surface area contributed by atoms with Crippen LogP contribution in [0.4, 0.5) is 5.69 Å². The molecule has 0 spiro atoms. The Hall–Kier alpha value is -2.36. The van der Waals surface area contributed by atoms with E-state index < -0.39 is 0 Å². The molecule has 0 aliphatic heterocycles. The average molecular weight is 211 g/mol. The molecule has 3 aromatic rings. The van der Waals surface area contributed by atoms with Crippen LogP contribution >= 0.6 is 0 Å². The van der Waals surface area contributed by atoms with E-state index in [-0.39, 0.29) is 0 Å². The topological polar surface area (TPSA) is 64.9 Å². The van der Waals surface area contributed by atoms with E-state index in [1.807, 2.05) is 18.2 Å². The Labute approximate surface area is 91.7 Å². The number of aromatic nitrogens is 2. The summed E-state index contributed by atoms with van der Waals surface area (Å²) in [6.45, 7) is 0. The highest BCUT2D eigenvalue weighted by molar-refractivity contribution is 5.79. The molecule has 78 valence electrons. The molecule has 0 amide bonds. The molecule has 16 heavy (non-hydrogen) atoms. The maximum Gasteiger partial charge on any atom is 0.228 e. The fraction of sp³-hybridized carbons (Fsp3) is 0. The van der Waals surface area contributed by atoms with Gasteiger partial charge in [-0.2, -0.15) is 0 Å². The smallest absolute Gasteiger partial charge is 0.228 e. The van der Waals surface area contributed by atoms with Gasteiger partial charge in [0.25, 0.3) is 0 Å². The van der Waals surface area contributed by atoms with Crippen molar-refractivity contribution >= 4 is 16.8 Å². The number of anilines is 1. The highest BCUT2D eigenvalue weighted by Gasteiger charge is 2.07. The summed E-state index contributed by atoms with van der Waals surface area (Å²) < 4.78 is 5.60. The van der Waals surface area contributed by atoms with Crippen LogP contribution in [-0.4, -0.2) is 9.97 Å². The number of nitrogen functional groups attached to an aromatic ring is 1. The number of pyridine rings is 1. The van der Waals surface area contributed by atoms with Crippen LogP contribution in [-0.2, 0) is 0 Å². The molecule has 0 radical (unpaired) electrons. The fourth-order valence-electron chi connectivity index (χ4n) is 1.55. The largest absolute Gasteiger partial charge is 0.436 e. The third-order valence-corrected chi connectivity index (χ3v) is 2.32. The van der Waals surface area contributed by atoms with E-state index in [0.29, 0.717) is 17.2 Å². The van der Waals surface area contributed by atoms with Crippen molar-refractivity contribution in [3.05, 3.63) is 42.7 Å². The molecule has 0 fully saturated rings. The Morgan fingerprint density at radius 3 is 2.94 bits per heavy atom. The second-order valence-corrected chi connectivity index (χ2v) is 3.49. The van der Waals surface area contributed by atoms with Gasteiger partial charge in [-0.05, 0) is 24.3 Å². The molecule has 1 aromatic carbocycles. The molecule has 0 aliphatic carbocycles. The molecule has 2 aromatic heterocycles. The van der Waals surface area contributed by atoms with Crippen LogP contribution in [0.15, 0.2) is 47.1 Å². The highest BCUT2D eigenvalue weighted by atomic mass is 16.3. The Bertz CT molecular complexity index is 631. The van der Waals surface area contributed by atoms with Gasteiger partial charge in [0.2, 0.25) is 5.89 Å². The summed E-state index contributed by atoms with van der Waals surface area (Å²) in [5.41, 5.74) is 8.69. The summed E-state index contributed by atoms with van der Waals surface area (Å²) in [5, 5.41) is 0. The van der Waals surface area contributed by atoms with E-state index in [1.54, 1.807) is 24.5 Å². The van der Waals surface area contributed by atoms with Crippen LogP contribution in [0.25, 0.3) is 22.6 Å².